The van der Waals surface area contributed by atoms with E-state index in [9.17, 15) is 23.1 Å². The lowest BCUT2D eigenvalue weighted by Crippen LogP contribution is -2.55. The quantitative estimate of drug-likeness (QED) is 0.747. The van der Waals surface area contributed by atoms with E-state index in [-0.39, 0.29) is 17.1 Å². The molecule has 0 fully saturated rings. The number of nitrogens with zero attached hydrogens (tertiary/aromatic N) is 1. The Morgan fingerprint density at radius 1 is 1.23 bits per heavy atom. The fraction of sp³-hybridized carbons (Fsp3) is 0.294. The predicted molar refractivity (Wildman–Crippen MR) is 93.6 cm³/mol. The second-order valence-electron chi connectivity index (χ2n) is 6.07. The predicted octanol–water partition coefficient (Wildman–Crippen LogP) is 1.25. The number of benzene rings is 1. The van der Waals surface area contributed by atoms with E-state index in [1.54, 1.807) is 12.1 Å². The third kappa shape index (κ3) is 3.94. The second kappa shape index (κ2) is 7.30. The Balaban J connectivity index is 2.27. The van der Waals surface area contributed by atoms with Crippen LogP contribution in [0.25, 0.3) is 0 Å². The minimum atomic E-state index is -3.84. The van der Waals surface area contributed by atoms with Crippen LogP contribution in [-0.4, -0.2) is 48.6 Å². The molecule has 0 aliphatic rings. The number of aryl methyl sites for hydroxylation is 1. The number of aromatic nitrogens is 1. The molecule has 0 bridgehead atoms. The zero-order chi connectivity index (χ0) is 19.5. The van der Waals surface area contributed by atoms with Gasteiger partial charge in [-0.3, -0.25) is 4.79 Å². The van der Waals surface area contributed by atoms with E-state index in [0.29, 0.717) is 0 Å². The standard InChI is InChI=1S/C17H20N2O6S/c1-12-4-6-14(7-5-12)26(23,24)19-9-8-13(10-19)15(20)18-17(2,11-25-3)16(21)22/h4-10H,11H2,1-3H3,(H,18,20)(H,21,22). The van der Waals surface area contributed by atoms with Crippen LogP contribution in [0.5, 0.6) is 0 Å². The number of amides is 1. The average Bonchev–Trinajstić information content (AvgIpc) is 3.06. The number of carbonyl (C=O) groups is 2. The summed E-state index contributed by atoms with van der Waals surface area (Å²) in [6, 6.07) is 7.60. The molecule has 0 aliphatic carbocycles. The summed E-state index contributed by atoms with van der Waals surface area (Å²) in [6.07, 6.45) is 2.37. The number of nitrogens with one attached hydrogen (secondary N) is 1. The monoisotopic (exact) mass is 380 g/mol. The number of hydrogen-bond donors (Lipinski definition) is 2. The maximum atomic E-state index is 12.6. The molecule has 1 aromatic heterocycles. The van der Waals surface area contributed by atoms with Gasteiger partial charge in [-0.1, -0.05) is 17.7 Å². The van der Waals surface area contributed by atoms with E-state index < -0.39 is 27.4 Å². The van der Waals surface area contributed by atoms with E-state index in [1.165, 1.54) is 38.4 Å². The van der Waals surface area contributed by atoms with E-state index in [4.69, 9.17) is 4.74 Å². The molecule has 8 nitrogen and oxygen atoms in total. The molecule has 0 radical (unpaired) electrons. The minimum absolute atomic E-state index is 0.0178. The van der Waals surface area contributed by atoms with Gasteiger partial charge in [0.25, 0.3) is 15.9 Å². The summed E-state index contributed by atoms with van der Waals surface area (Å²) in [5.74, 6) is -1.98. The molecule has 1 amide bonds. The Kier molecular flexibility index (Phi) is 5.53. The van der Waals surface area contributed by atoms with Gasteiger partial charge in [-0.2, -0.15) is 0 Å². The third-order valence-electron chi connectivity index (χ3n) is 3.82. The van der Waals surface area contributed by atoms with Crippen molar-refractivity contribution in [3.8, 4) is 0 Å². The number of ether oxygens (including phenoxy) is 1. The number of carboxylic acids is 1. The van der Waals surface area contributed by atoms with Crippen LogP contribution in [0.15, 0.2) is 47.6 Å². The molecule has 1 aromatic carbocycles. The van der Waals surface area contributed by atoms with Crippen LogP contribution < -0.4 is 5.32 Å². The molecule has 1 atom stereocenters. The smallest absolute Gasteiger partial charge is 0.331 e. The number of aliphatic carboxylic acids is 1. The van der Waals surface area contributed by atoms with Gasteiger partial charge in [-0.15, -0.1) is 0 Å². The van der Waals surface area contributed by atoms with Crippen LogP contribution in [0.3, 0.4) is 0 Å². The maximum Gasteiger partial charge on any atom is 0.331 e. The van der Waals surface area contributed by atoms with Crippen molar-refractivity contribution in [3.63, 3.8) is 0 Å². The lowest BCUT2D eigenvalue weighted by atomic mass is 10.0. The fourth-order valence-corrected chi connectivity index (χ4v) is 3.45. The highest BCUT2D eigenvalue weighted by atomic mass is 32.2. The number of hydrogen-bond acceptors (Lipinski definition) is 5. The summed E-state index contributed by atoms with van der Waals surface area (Å²) in [5.41, 5.74) is -0.698. The summed E-state index contributed by atoms with van der Waals surface area (Å²) >= 11 is 0. The lowest BCUT2D eigenvalue weighted by Gasteiger charge is -2.24. The van der Waals surface area contributed by atoms with Gasteiger partial charge in [0, 0.05) is 19.5 Å². The van der Waals surface area contributed by atoms with Crippen molar-refractivity contribution in [1.82, 2.24) is 9.29 Å². The van der Waals surface area contributed by atoms with Crippen LogP contribution in [-0.2, 0) is 19.6 Å². The molecule has 2 N–H and O–H groups in total. The Bertz CT molecular complexity index is 917. The second-order valence-corrected chi connectivity index (χ2v) is 7.92. The zero-order valence-corrected chi connectivity index (χ0v) is 15.4. The molecule has 0 aliphatic heterocycles. The number of rotatable bonds is 7. The molecule has 26 heavy (non-hydrogen) atoms. The van der Waals surface area contributed by atoms with Crippen molar-refractivity contribution in [2.45, 2.75) is 24.3 Å². The molecule has 0 spiro atoms. The van der Waals surface area contributed by atoms with Crippen molar-refractivity contribution < 1.29 is 27.9 Å². The average molecular weight is 380 g/mol. The van der Waals surface area contributed by atoms with Crippen LogP contribution >= 0.6 is 0 Å². The molecule has 0 saturated carbocycles. The van der Waals surface area contributed by atoms with Gasteiger partial charge in [-0.05, 0) is 32.0 Å². The normalized spacial score (nSPS) is 13.8. The van der Waals surface area contributed by atoms with E-state index in [1.807, 2.05) is 6.92 Å². The molecule has 0 saturated heterocycles. The van der Waals surface area contributed by atoms with E-state index in [2.05, 4.69) is 5.32 Å². The van der Waals surface area contributed by atoms with Gasteiger partial charge < -0.3 is 15.2 Å². The van der Waals surface area contributed by atoms with Crippen molar-refractivity contribution in [1.29, 1.82) is 0 Å². The summed E-state index contributed by atoms with van der Waals surface area (Å²) in [5, 5.41) is 11.6. The van der Waals surface area contributed by atoms with Gasteiger partial charge in [0.15, 0.2) is 5.54 Å². The summed E-state index contributed by atoms with van der Waals surface area (Å²) in [4.78, 5) is 23.8. The van der Waals surface area contributed by atoms with Gasteiger partial charge in [0.2, 0.25) is 0 Å². The van der Waals surface area contributed by atoms with Crippen LogP contribution in [0.4, 0.5) is 0 Å². The first-order valence-corrected chi connectivity index (χ1v) is 9.09. The topological polar surface area (TPSA) is 115 Å². The lowest BCUT2D eigenvalue weighted by molar-refractivity contribution is -0.145. The van der Waals surface area contributed by atoms with E-state index in [0.717, 1.165) is 15.7 Å². The molecule has 140 valence electrons. The van der Waals surface area contributed by atoms with Crippen molar-refractivity contribution in [3.05, 3.63) is 53.9 Å². The molecular formula is C17H20N2O6S. The van der Waals surface area contributed by atoms with E-state index >= 15 is 0 Å². The summed E-state index contributed by atoms with van der Waals surface area (Å²) in [6.45, 7) is 2.90. The van der Waals surface area contributed by atoms with Crippen molar-refractivity contribution in [2.75, 3.05) is 13.7 Å². The first-order chi connectivity index (χ1) is 12.1. The van der Waals surface area contributed by atoms with Crippen LogP contribution in [0, 0.1) is 6.92 Å². The Morgan fingerprint density at radius 2 is 1.85 bits per heavy atom. The molecule has 2 rings (SSSR count). The van der Waals surface area contributed by atoms with Gasteiger partial charge in [-0.25, -0.2) is 17.2 Å². The highest BCUT2D eigenvalue weighted by Gasteiger charge is 2.35. The Hall–Kier alpha value is -2.65. The molecule has 2 aromatic rings. The molecule has 9 heteroatoms. The van der Waals surface area contributed by atoms with Crippen LogP contribution in [0.2, 0.25) is 0 Å². The van der Waals surface area contributed by atoms with Gasteiger partial charge in [0.1, 0.15) is 0 Å². The molecule has 1 heterocycles. The number of methoxy groups -OCH3 is 1. The van der Waals surface area contributed by atoms with Gasteiger partial charge in [0.05, 0.1) is 17.1 Å². The third-order valence-corrected chi connectivity index (χ3v) is 5.47. The zero-order valence-electron chi connectivity index (χ0n) is 14.6. The highest BCUT2D eigenvalue weighted by molar-refractivity contribution is 7.90. The fourth-order valence-electron chi connectivity index (χ4n) is 2.26. The van der Waals surface area contributed by atoms with Gasteiger partial charge >= 0.3 is 5.97 Å². The number of carbonyl (C=O) groups excluding carboxylic acids is 1. The summed E-state index contributed by atoms with van der Waals surface area (Å²) in [7, 11) is -2.53. The minimum Gasteiger partial charge on any atom is -0.479 e. The first-order valence-electron chi connectivity index (χ1n) is 7.65. The highest BCUT2D eigenvalue weighted by Crippen LogP contribution is 2.16. The molecular weight excluding hydrogens is 360 g/mol. The number of carboxylic acid groups (broad SMARTS) is 1. The maximum absolute atomic E-state index is 12.6. The Labute approximate surface area is 151 Å². The van der Waals surface area contributed by atoms with Crippen molar-refractivity contribution in [2.24, 2.45) is 0 Å². The van der Waals surface area contributed by atoms with Crippen molar-refractivity contribution >= 4 is 21.9 Å². The first kappa shape index (κ1) is 19.7. The Morgan fingerprint density at radius 3 is 2.38 bits per heavy atom. The largest absolute Gasteiger partial charge is 0.479 e. The SMILES string of the molecule is COCC(C)(NC(=O)c1ccn(S(=O)(=O)c2ccc(C)cc2)c1)C(=O)O. The molecule has 1 unspecified atom stereocenters. The summed E-state index contributed by atoms with van der Waals surface area (Å²) < 4.78 is 30.9. The van der Waals surface area contributed by atoms with Crippen LogP contribution in [0.1, 0.15) is 22.8 Å².